The van der Waals surface area contributed by atoms with E-state index in [1.54, 1.807) is 35.4 Å². The summed E-state index contributed by atoms with van der Waals surface area (Å²) in [5.74, 6) is 1.91. The zero-order valence-electron chi connectivity index (χ0n) is 15.0. The maximum absolute atomic E-state index is 8.75. The highest BCUT2D eigenvalue weighted by Crippen LogP contribution is 2.12. The summed E-state index contributed by atoms with van der Waals surface area (Å²) in [6.45, 7) is 6.15. The molecule has 11 heteroatoms. The molecular formula is C15H24N10S. The number of hydrogen-bond acceptors (Lipinski definition) is 6. The average molecular weight is 376 g/mol. The first kappa shape index (κ1) is 21.1. The Hall–Kier alpha value is -2.92. The van der Waals surface area contributed by atoms with E-state index in [2.05, 4.69) is 20.0 Å². The van der Waals surface area contributed by atoms with Gasteiger partial charge >= 0.3 is 0 Å². The highest BCUT2D eigenvalue weighted by Gasteiger charge is 2.12. The molecule has 0 atom stereocenters. The number of nitrogens with one attached hydrogen (secondary N) is 1. The third kappa shape index (κ3) is 6.91. The molecule has 0 spiro atoms. The number of aromatic nitrogens is 2. The van der Waals surface area contributed by atoms with Gasteiger partial charge in [0.15, 0.2) is 0 Å². The van der Waals surface area contributed by atoms with Gasteiger partial charge in [0.25, 0.3) is 0 Å². The second-order valence-corrected chi connectivity index (χ2v) is 6.34. The lowest BCUT2D eigenvalue weighted by Gasteiger charge is -2.27. The van der Waals surface area contributed by atoms with Crippen LogP contribution in [0.1, 0.15) is 18.3 Å². The minimum Gasteiger partial charge on any atom is -0.369 e. The van der Waals surface area contributed by atoms with Crippen LogP contribution in [0, 0.1) is 29.8 Å². The monoisotopic (exact) mass is 376 g/mol. The van der Waals surface area contributed by atoms with Crippen molar-refractivity contribution >= 4 is 23.7 Å². The Balaban J connectivity index is 2.58. The van der Waals surface area contributed by atoms with Gasteiger partial charge in [0.05, 0.1) is 12.0 Å². The van der Waals surface area contributed by atoms with E-state index in [4.69, 9.17) is 22.0 Å². The van der Waals surface area contributed by atoms with Gasteiger partial charge in [-0.1, -0.05) is 0 Å². The molecule has 0 bridgehead atoms. The number of rotatable bonds is 9. The lowest BCUT2D eigenvalue weighted by molar-refractivity contribution is 0.353. The zero-order chi connectivity index (χ0) is 19.4. The number of aliphatic imine (C=N–C) groups is 2. The van der Waals surface area contributed by atoms with Crippen molar-refractivity contribution in [3.8, 4) is 12.4 Å². The molecule has 0 radical (unpaired) electrons. The molecule has 1 aromatic heterocycles. The molecule has 0 aliphatic rings. The number of guanidine groups is 2. The van der Waals surface area contributed by atoms with Crippen LogP contribution in [-0.4, -0.2) is 63.6 Å². The van der Waals surface area contributed by atoms with Gasteiger partial charge in [-0.15, -0.1) is 9.98 Å². The van der Waals surface area contributed by atoms with E-state index in [0.717, 1.165) is 22.9 Å². The number of H-pyrrole nitrogens is 1. The van der Waals surface area contributed by atoms with Crippen LogP contribution in [-0.2, 0) is 5.75 Å². The standard InChI is InChI=1S/C15H24N10S/c1-3-24(14(18)20-9-16)4-5-25(15(19)21-10-17)6-7-26-8-13-12(2)22-11-23-13/h11H,3-8H2,1-2H3,(H2,18,20)(H2,19,21)(H,22,23). The van der Waals surface area contributed by atoms with Crippen LogP contribution in [0.3, 0.4) is 0 Å². The average Bonchev–Trinajstić information content (AvgIpc) is 3.02. The Kier molecular flexibility index (Phi) is 9.43. The van der Waals surface area contributed by atoms with E-state index < -0.39 is 0 Å². The van der Waals surface area contributed by atoms with E-state index in [1.165, 1.54) is 0 Å². The van der Waals surface area contributed by atoms with Crippen molar-refractivity contribution < 1.29 is 0 Å². The van der Waals surface area contributed by atoms with Gasteiger partial charge in [-0.2, -0.15) is 22.3 Å². The fourth-order valence-electron chi connectivity index (χ4n) is 2.14. The highest BCUT2D eigenvalue weighted by atomic mass is 32.2. The molecule has 1 aromatic rings. The van der Waals surface area contributed by atoms with Gasteiger partial charge < -0.3 is 26.3 Å². The fourth-order valence-corrected chi connectivity index (χ4v) is 3.12. The third-order valence-electron chi connectivity index (χ3n) is 3.68. The van der Waals surface area contributed by atoms with E-state index in [-0.39, 0.29) is 11.9 Å². The molecule has 0 fully saturated rings. The summed E-state index contributed by atoms with van der Waals surface area (Å²) in [6.07, 6.45) is 5.07. The van der Waals surface area contributed by atoms with E-state index >= 15 is 0 Å². The topological polar surface area (TPSA) is 159 Å². The number of nitrogens with zero attached hydrogens (tertiary/aromatic N) is 7. The van der Waals surface area contributed by atoms with E-state index in [1.807, 2.05) is 18.7 Å². The summed E-state index contributed by atoms with van der Waals surface area (Å²) in [6, 6.07) is 0. The summed E-state index contributed by atoms with van der Waals surface area (Å²) in [7, 11) is 0. The van der Waals surface area contributed by atoms with Crippen molar-refractivity contribution in [3.05, 3.63) is 17.7 Å². The van der Waals surface area contributed by atoms with Crippen LogP contribution in [0.4, 0.5) is 0 Å². The van der Waals surface area contributed by atoms with Gasteiger partial charge in [-0.05, 0) is 13.8 Å². The van der Waals surface area contributed by atoms with Crippen molar-refractivity contribution in [2.75, 3.05) is 31.9 Å². The number of hydrogen-bond donors (Lipinski definition) is 3. The first-order valence-electron chi connectivity index (χ1n) is 8.04. The molecule has 0 aliphatic heterocycles. The summed E-state index contributed by atoms with van der Waals surface area (Å²) in [5.41, 5.74) is 13.7. The number of imidazole rings is 1. The second kappa shape index (κ2) is 11.6. The predicted molar refractivity (Wildman–Crippen MR) is 103 cm³/mol. The smallest absolute Gasteiger partial charge is 0.209 e. The predicted octanol–water partition coefficient (Wildman–Crippen LogP) is 0.167. The zero-order valence-corrected chi connectivity index (χ0v) is 15.8. The summed E-state index contributed by atoms with van der Waals surface area (Å²) in [4.78, 5) is 18.1. The molecule has 0 aliphatic carbocycles. The number of nitriles is 2. The summed E-state index contributed by atoms with van der Waals surface area (Å²) in [5, 5.41) is 17.4. The Labute approximate surface area is 157 Å². The van der Waals surface area contributed by atoms with Gasteiger partial charge in [-0.25, -0.2) is 4.98 Å². The summed E-state index contributed by atoms with van der Waals surface area (Å²) >= 11 is 1.72. The van der Waals surface area contributed by atoms with Crippen molar-refractivity contribution in [3.63, 3.8) is 0 Å². The van der Waals surface area contributed by atoms with Crippen LogP contribution in [0.5, 0.6) is 0 Å². The van der Waals surface area contributed by atoms with Gasteiger partial charge in [-0.3, -0.25) is 0 Å². The lowest BCUT2D eigenvalue weighted by Crippen LogP contribution is -2.46. The van der Waals surface area contributed by atoms with Crippen LogP contribution in [0.15, 0.2) is 16.3 Å². The molecule has 10 nitrogen and oxygen atoms in total. The normalized spacial score (nSPS) is 11.7. The van der Waals surface area contributed by atoms with Gasteiger partial charge in [0.2, 0.25) is 24.3 Å². The van der Waals surface area contributed by atoms with E-state index in [9.17, 15) is 0 Å². The minimum atomic E-state index is 0.161. The molecule has 1 rings (SSSR count). The second-order valence-electron chi connectivity index (χ2n) is 5.23. The number of nitrogens with two attached hydrogens (primary N) is 2. The van der Waals surface area contributed by atoms with Crippen LogP contribution >= 0.6 is 11.8 Å². The van der Waals surface area contributed by atoms with Crippen LogP contribution in [0.25, 0.3) is 0 Å². The molecule has 0 aromatic carbocycles. The Bertz CT molecular complexity index is 696. The molecule has 0 amide bonds. The molecule has 0 saturated carbocycles. The molecule has 0 saturated heterocycles. The number of aryl methyl sites for hydroxylation is 1. The number of thioether (sulfide) groups is 1. The quantitative estimate of drug-likeness (QED) is 0.238. The molecule has 0 unspecified atom stereocenters. The first-order chi connectivity index (χ1) is 12.5. The molecule has 26 heavy (non-hydrogen) atoms. The number of aromatic amines is 1. The third-order valence-corrected chi connectivity index (χ3v) is 4.63. The van der Waals surface area contributed by atoms with Crippen LogP contribution in [0.2, 0.25) is 0 Å². The van der Waals surface area contributed by atoms with Crippen molar-refractivity contribution in [2.24, 2.45) is 21.5 Å². The number of likely N-dealkylation sites (N-methyl/N-ethyl adjacent to an activating group) is 1. The summed E-state index contributed by atoms with van der Waals surface area (Å²) < 4.78 is 0. The Morgan fingerprint density at radius 1 is 1.19 bits per heavy atom. The Morgan fingerprint density at radius 3 is 2.35 bits per heavy atom. The van der Waals surface area contributed by atoms with Gasteiger partial charge in [0.1, 0.15) is 0 Å². The SMILES string of the molecule is CCN(CCN(CCSCc1nc[nH]c1C)C(N)=NC#N)C(N)=NC#N. The Morgan fingerprint density at radius 2 is 1.81 bits per heavy atom. The maximum atomic E-state index is 8.75. The molecule has 1 heterocycles. The highest BCUT2D eigenvalue weighted by molar-refractivity contribution is 7.98. The van der Waals surface area contributed by atoms with Gasteiger partial charge in [0, 0.05) is 43.4 Å². The fraction of sp³-hybridized carbons (Fsp3) is 0.533. The molecular weight excluding hydrogens is 352 g/mol. The van der Waals surface area contributed by atoms with Crippen molar-refractivity contribution in [1.82, 2.24) is 19.8 Å². The minimum absolute atomic E-state index is 0.161. The first-order valence-corrected chi connectivity index (χ1v) is 9.19. The molecule has 140 valence electrons. The van der Waals surface area contributed by atoms with E-state index in [0.29, 0.717) is 26.2 Å². The van der Waals surface area contributed by atoms with Crippen LogP contribution < -0.4 is 11.5 Å². The van der Waals surface area contributed by atoms with Crippen molar-refractivity contribution in [2.45, 2.75) is 19.6 Å². The molecule has 5 N–H and O–H groups in total. The van der Waals surface area contributed by atoms with Crippen molar-refractivity contribution in [1.29, 1.82) is 10.5 Å². The largest absolute Gasteiger partial charge is 0.369 e. The maximum Gasteiger partial charge on any atom is 0.209 e. The lowest BCUT2D eigenvalue weighted by atomic mass is 10.4.